The molecule has 0 aromatic rings. The van der Waals surface area contributed by atoms with Crippen molar-refractivity contribution in [2.45, 2.75) is 33.3 Å². The predicted octanol–water partition coefficient (Wildman–Crippen LogP) is 1.82. The summed E-state index contributed by atoms with van der Waals surface area (Å²) in [6.45, 7) is 7.16. The van der Waals surface area contributed by atoms with Crippen LogP contribution >= 0.6 is 0 Å². The molecule has 1 aliphatic carbocycles. The normalized spacial score (nSPS) is 21.0. The molecule has 0 spiro atoms. The molecule has 1 aliphatic rings. The van der Waals surface area contributed by atoms with E-state index in [9.17, 15) is 9.90 Å². The van der Waals surface area contributed by atoms with Crippen molar-refractivity contribution in [2.24, 2.45) is 5.92 Å². The minimum Gasteiger partial charge on any atom is -0.465 e. The zero-order chi connectivity index (χ0) is 11.6. The maximum Gasteiger partial charge on any atom is 0.302 e. The highest BCUT2D eigenvalue weighted by Crippen LogP contribution is 2.34. The molecule has 1 atom stereocenters. The Balaban J connectivity index is 2.72. The quantitative estimate of drug-likeness (QED) is 0.723. The number of esters is 1. The number of hydrogen-bond donors (Lipinski definition) is 1. The summed E-state index contributed by atoms with van der Waals surface area (Å²) in [6, 6.07) is 0. The second-order valence-electron chi connectivity index (χ2n) is 4.45. The highest BCUT2D eigenvalue weighted by molar-refractivity contribution is 5.66. The number of carbonyl (C=O) groups is 1. The first kappa shape index (κ1) is 12.0. The molecule has 15 heavy (non-hydrogen) atoms. The van der Waals surface area contributed by atoms with Gasteiger partial charge in [-0.15, -0.1) is 0 Å². The Labute approximate surface area is 90.4 Å². The van der Waals surface area contributed by atoms with Crippen LogP contribution in [0.15, 0.2) is 23.3 Å². The molecule has 0 aromatic carbocycles. The minimum atomic E-state index is -0.862. The molecule has 3 nitrogen and oxygen atoms in total. The van der Waals surface area contributed by atoms with E-state index in [2.05, 4.69) is 0 Å². The van der Waals surface area contributed by atoms with Gasteiger partial charge in [-0.05, 0) is 26.3 Å². The van der Waals surface area contributed by atoms with Crippen molar-refractivity contribution in [3.05, 3.63) is 23.3 Å². The first-order valence-electron chi connectivity index (χ1n) is 5.07. The second kappa shape index (κ2) is 4.19. The molecule has 0 aromatic heterocycles. The van der Waals surface area contributed by atoms with Gasteiger partial charge in [0.1, 0.15) is 6.61 Å². The van der Waals surface area contributed by atoms with Crippen LogP contribution in [0.2, 0.25) is 0 Å². The van der Waals surface area contributed by atoms with E-state index in [4.69, 9.17) is 4.74 Å². The van der Waals surface area contributed by atoms with Gasteiger partial charge in [0.2, 0.25) is 0 Å². The van der Waals surface area contributed by atoms with Gasteiger partial charge in [-0.2, -0.15) is 0 Å². The van der Waals surface area contributed by atoms with E-state index in [0.29, 0.717) is 6.61 Å². The smallest absolute Gasteiger partial charge is 0.302 e. The summed E-state index contributed by atoms with van der Waals surface area (Å²) in [4.78, 5) is 10.7. The first-order valence-corrected chi connectivity index (χ1v) is 5.07. The number of hydrogen-bond acceptors (Lipinski definition) is 3. The maximum atomic E-state index is 10.7. The van der Waals surface area contributed by atoms with Crippen molar-refractivity contribution < 1.29 is 14.6 Å². The molecule has 1 N–H and O–H groups in total. The molecule has 1 unspecified atom stereocenters. The van der Waals surface area contributed by atoms with Gasteiger partial charge in [-0.3, -0.25) is 4.79 Å². The molecule has 0 fully saturated rings. The summed E-state index contributed by atoms with van der Waals surface area (Å²) in [6.07, 6.45) is 3.87. The van der Waals surface area contributed by atoms with Crippen LogP contribution in [0.1, 0.15) is 27.7 Å². The van der Waals surface area contributed by atoms with Crippen LogP contribution in [-0.4, -0.2) is 23.3 Å². The topological polar surface area (TPSA) is 46.5 Å². The summed E-state index contributed by atoms with van der Waals surface area (Å²) in [7, 11) is 0. The molecule has 1 rings (SSSR count). The molecular weight excluding hydrogens is 192 g/mol. The number of allylic oxidation sites excluding steroid dienone is 2. The van der Waals surface area contributed by atoms with Crippen molar-refractivity contribution >= 4 is 5.97 Å². The number of carbonyl (C=O) groups excluding carboxylic acids is 1. The molecule has 0 saturated heterocycles. The lowest BCUT2D eigenvalue weighted by Crippen LogP contribution is -2.29. The molecule has 0 aliphatic heterocycles. The van der Waals surface area contributed by atoms with Gasteiger partial charge in [0, 0.05) is 12.8 Å². The van der Waals surface area contributed by atoms with Crippen LogP contribution in [0.25, 0.3) is 0 Å². The largest absolute Gasteiger partial charge is 0.465 e. The number of ether oxygens (including phenoxy) is 1. The third-order valence-corrected chi connectivity index (χ3v) is 2.61. The van der Waals surface area contributed by atoms with E-state index in [-0.39, 0.29) is 11.9 Å². The van der Waals surface area contributed by atoms with Crippen molar-refractivity contribution in [2.75, 3.05) is 6.61 Å². The highest BCUT2D eigenvalue weighted by atomic mass is 16.5. The van der Waals surface area contributed by atoms with Gasteiger partial charge in [0.25, 0.3) is 0 Å². The molecule has 3 heteroatoms. The van der Waals surface area contributed by atoms with E-state index in [1.807, 2.05) is 19.1 Å². The zero-order valence-electron chi connectivity index (χ0n) is 9.70. The fourth-order valence-corrected chi connectivity index (χ4v) is 1.75. The fourth-order valence-electron chi connectivity index (χ4n) is 1.75. The van der Waals surface area contributed by atoms with E-state index in [1.165, 1.54) is 6.92 Å². The summed E-state index contributed by atoms with van der Waals surface area (Å²) in [5.41, 5.74) is 1.16. The van der Waals surface area contributed by atoms with Crippen molar-refractivity contribution in [3.63, 3.8) is 0 Å². The Morgan fingerprint density at radius 3 is 2.60 bits per heavy atom. The van der Waals surface area contributed by atoms with Crippen LogP contribution in [0.4, 0.5) is 0 Å². The average Bonchev–Trinajstić information content (AvgIpc) is 2.42. The monoisotopic (exact) mass is 210 g/mol. The SMILES string of the molecule is CC(=O)OCC1C(C)=CC=C1C(C)(C)O. The van der Waals surface area contributed by atoms with Crippen LogP contribution in [0, 0.1) is 5.92 Å². The molecule has 0 amide bonds. The highest BCUT2D eigenvalue weighted by Gasteiger charge is 2.31. The van der Waals surface area contributed by atoms with Crippen LogP contribution in [-0.2, 0) is 9.53 Å². The maximum absolute atomic E-state index is 10.7. The number of aliphatic hydroxyl groups is 1. The van der Waals surface area contributed by atoms with Crippen molar-refractivity contribution in [1.29, 1.82) is 0 Å². The van der Waals surface area contributed by atoms with E-state index >= 15 is 0 Å². The van der Waals surface area contributed by atoms with E-state index in [1.54, 1.807) is 13.8 Å². The predicted molar refractivity (Wildman–Crippen MR) is 58.3 cm³/mol. The Hall–Kier alpha value is -1.09. The molecular formula is C12H18O3. The Kier molecular flexibility index (Phi) is 3.35. The molecule has 0 heterocycles. The lowest BCUT2D eigenvalue weighted by atomic mass is 9.87. The van der Waals surface area contributed by atoms with Gasteiger partial charge in [0.15, 0.2) is 0 Å². The molecule has 0 bridgehead atoms. The van der Waals surface area contributed by atoms with Gasteiger partial charge < -0.3 is 9.84 Å². The Morgan fingerprint density at radius 2 is 2.13 bits per heavy atom. The number of rotatable bonds is 3. The standard InChI is InChI=1S/C12H18O3/c1-8-5-6-11(12(3,4)14)10(8)7-15-9(2)13/h5-6,10,14H,7H2,1-4H3. The first-order chi connectivity index (χ1) is 6.82. The van der Waals surface area contributed by atoms with Gasteiger partial charge in [0.05, 0.1) is 5.60 Å². The summed E-state index contributed by atoms with van der Waals surface area (Å²) in [5, 5.41) is 9.93. The summed E-state index contributed by atoms with van der Waals surface area (Å²) < 4.78 is 4.99. The van der Waals surface area contributed by atoms with E-state index in [0.717, 1.165) is 11.1 Å². The van der Waals surface area contributed by atoms with Gasteiger partial charge in [-0.1, -0.05) is 17.7 Å². The third-order valence-electron chi connectivity index (χ3n) is 2.61. The second-order valence-corrected chi connectivity index (χ2v) is 4.45. The average molecular weight is 210 g/mol. The Morgan fingerprint density at radius 1 is 1.53 bits per heavy atom. The molecule has 0 saturated carbocycles. The van der Waals surface area contributed by atoms with Gasteiger partial charge >= 0.3 is 5.97 Å². The lowest BCUT2D eigenvalue weighted by Gasteiger charge is -2.26. The lowest BCUT2D eigenvalue weighted by molar-refractivity contribution is -0.141. The van der Waals surface area contributed by atoms with Crippen LogP contribution in [0.3, 0.4) is 0 Å². The van der Waals surface area contributed by atoms with Crippen molar-refractivity contribution in [1.82, 2.24) is 0 Å². The Bertz CT molecular complexity index is 318. The van der Waals surface area contributed by atoms with Crippen LogP contribution in [0.5, 0.6) is 0 Å². The van der Waals surface area contributed by atoms with E-state index < -0.39 is 5.60 Å². The van der Waals surface area contributed by atoms with Gasteiger partial charge in [-0.25, -0.2) is 0 Å². The van der Waals surface area contributed by atoms with Crippen molar-refractivity contribution in [3.8, 4) is 0 Å². The zero-order valence-corrected chi connectivity index (χ0v) is 9.70. The fraction of sp³-hybridized carbons (Fsp3) is 0.583. The molecule has 84 valence electrons. The third kappa shape index (κ3) is 2.93. The molecule has 0 radical (unpaired) electrons. The summed E-state index contributed by atoms with van der Waals surface area (Å²) in [5.74, 6) is -0.265. The van der Waals surface area contributed by atoms with Crippen LogP contribution < -0.4 is 0 Å². The minimum absolute atomic E-state index is 0.0221. The summed E-state index contributed by atoms with van der Waals surface area (Å²) >= 11 is 0.